The summed E-state index contributed by atoms with van der Waals surface area (Å²) in [4.78, 5) is 8.87. The molecule has 6 nitrogen and oxygen atoms in total. The van der Waals surface area contributed by atoms with Crippen molar-refractivity contribution in [2.75, 3.05) is 38.6 Å². The summed E-state index contributed by atoms with van der Waals surface area (Å²) in [5.41, 5.74) is 2.50. The zero-order valence-corrected chi connectivity index (χ0v) is 16.4. The van der Waals surface area contributed by atoms with Crippen LogP contribution in [0.25, 0.3) is 10.9 Å². The number of aromatic nitrogens is 1. The largest absolute Gasteiger partial charge is 0.378 e. The van der Waals surface area contributed by atoms with Crippen LogP contribution in [0.3, 0.4) is 0 Å². The molecule has 1 fully saturated rings. The average molecular weight is 367 g/mol. The van der Waals surface area contributed by atoms with Gasteiger partial charge in [-0.15, -0.1) is 0 Å². The van der Waals surface area contributed by atoms with Crippen molar-refractivity contribution < 1.29 is 5.11 Å². The Balaban J connectivity index is 1.66. The van der Waals surface area contributed by atoms with E-state index in [-0.39, 0.29) is 12.0 Å². The van der Waals surface area contributed by atoms with Gasteiger partial charge in [0.25, 0.3) is 0 Å². The lowest BCUT2D eigenvalue weighted by Crippen LogP contribution is -2.48. The number of aliphatic hydroxyl groups is 1. The molecule has 27 heavy (non-hydrogen) atoms. The smallest absolute Gasteiger partial charge is 0.108 e. The molecule has 144 valence electrons. The van der Waals surface area contributed by atoms with Gasteiger partial charge in [0.05, 0.1) is 11.1 Å². The number of nitrogens with one attached hydrogen (secondary N) is 1. The average Bonchev–Trinajstić information content (AvgIpc) is 2.66. The van der Waals surface area contributed by atoms with Crippen LogP contribution in [-0.4, -0.2) is 61.0 Å². The molecule has 1 aromatic heterocycles. The maximum absolute atomic E-state index is 10.6. The van der Waals surface area contributed by atoms with Crippen LogP contribution in [0.4, 0.5) is 5.69 Å². The number of nitrogens with zero attached hydrogens (tertiary/aromatic N) is 4. The predicted molar refractivity (Wildman–Crippen MR) is 109 cm³/mol. The van der Waals surface area contributed by atoms with Gasteiger partial charge in [0.2, 0.25) is 0 Å². The lowest BCUT2D eigenvalue weighted by atomic mass is 9.93. The fourth-order valence-electron chi connectivity index (χ4n) is 4.01. The van der Waals surface area contributed by atoms with Gasteiger partial charge in [-0.3, -0.25) is 10.3 Å². The van der Waals surface area contributed by atoms with Crippen molar-refractivity contribution >= 4 is 16.6 Å². The van der Waals surface area contributed by atoms with Crippen LogP contribution in [-0.2, 0) is 0 Å². The number of fused-ring (bicyclic) bond motifs is 1. The van der Waals surface area contributed by atoms with E-state index in [1.54, 1.807) is 6.20 Å². The van der Waals surface area contributed by atoms with Crippen LogP contribution < -0.4 is 10.2 Å². The molecule has 2 N–H and O–H groups in total. The third-order valence-corrected chi connectivity index (χ3v) is 5.29. The lowest BCUT2D eigenvalue weighted by molar-refractivity contribution is 0.0497. The number of likely N-dealkylation sites (N-methyl/N-ethyl adjacent to an activating group) is 1. The first-order valence-electron chi connectivity index (χ1n) is 9.61. The highest BCUT2D eigenvalue weighted by Gasteiger charge is 2.27. The van der Waals surface area contributed by atoms with Crippen molar-refractivity contribution in [1.82, 2.24) is 15.2 Å². The molecule has 2 atom stereocenters. The van der Waals surface area contributed by atoms with Crippen molar-refractivity contribution in [3.8, 4) is 6.07 Å². The molecule has 0 saturated carbocycles. The van der Waals surface area contributed by atoms with Crippen molar-refractivity contribution in [1.29, 1.82) is 5.26 Å². The van der Waals surface area contributed by atoms with E-state index in [4.69, 9.17) is 0 Å². The fourth-order valence-corrected chi connectivity index (χ4v) is 4.01. The van der Waals surface area contributed by atoms with Gasteiger partial charge >= 0.3 is 0 Å². The topological polar surface area (TPSA) is 75.4 Å². The van der Waals surface area contributed by atoms with Crippen molar-refractivity contribution in [3.05, 3.63) is 36.0 Å². The van der Waals surface area contributed by atoms with E-state index in [1.165, 1.54) is 0 Å². The minimum atomic E-state index is -0.471. The molecule has 0 spiro atoms. The van der Waals surface area contributed by atoms with Crippen LogP contribution in [0.15, 0.2) is 30.5 Å². The van der Waals surface area contributed by atoms with Gasteiger partial charge in [-0.05, 0) is 58.1 Å². The Morgan fingerprint density at radius 3 is 2.74 bits per heavy atom. The van der Waals surface area contributed by atoms with Crippen LogP contribution >= 0.6 is 0 Å². The molecule has 0 radical (unpaired) electrons. The van der Waals surface area contributed by atoms with E-state index in [9.17, 15) is 10.4 Å². The highest BCUT2D eigenvalue weighted by atomic mass is 16.3. The molecule has 2 aromatic rings. The first-order valence-corrected chi connectivity index (χ1v) is 9.61. The molecule has 1 aromatic carbocycles. The van der Waals surface area contributed by atoms with Gasteiger partial charge in [-0.2, -0.15) is 5.26 Å². The number of piperidine rings is 1. The summed E-state index contributed by atoms with van der Waals surface area (Å²) in [5.74, 6) is 0.258. The highest BCUT2D eigenvalue weighted by molar-refractivity contribution is 5.95. The maximum Gasteiger partial charge on any atom is 0.108 e. The summed E-state index contributed by atoms with van der Waals surface area (Å²) in [5, 5.41) is 24.2. The molecule has 1 saturated heterocycles. The Labute approximate surface area is 161 Å². The van der Waals surface area contributed by atoms with Crippen molar-refractivity contribution in [2.24, 2.45) is 5.92 Å². The lowest BCUT2D eigenvalue weighted by Gasteiger charge is -2.37. The van der Waals surface area contributed by atoms with Crippen LogP contribution in [0.1, 0.15) is 25.3 Å². The zero-order valence-electron chi connectivity index (χ0n) is 16.4. The number of hydrogen-bond donors (Lipinski definition) is 2. The normalized spacial score (nSPS) is 17.9. The van der Waals surface area contributed by atoms with Crippen molar-refractivity contribution in [3.63, 3.8) is 0 Å². The number of pyridine rings is 1. The molecule has 3 rings (SSSR count). The Morgan fingerprint density at radius 2 is 2.07 bits per heavy atom. The Morgan fingerprint density at radius 1 is 1.33 bits per heavy atom. The zero-order chi connectivity index (χ0) is 19.4. The van der Waals surface area contributed by atoms with Crippen molar-refractivity contribution in [2.45, 2.75) is 32.0 Å². The first-order chi connectivity index (χ1) is 13.0. The molecule has 2 heterocycles. The summed E-state index contributed by atoms with van der Waals surface area (Å²) in [7, 11) is 4.08. The number of hydrogen-bond acceptors (Lipinski definition) is 6. The molecule has 1 aliphatic rings. The van der Waals surface area contributed by atoms with E-state index >= 15 is 0 Å². The Kier molecular flexibility index (Phi) is 6.27. The molecule has 0 amide bonds. The number of anilines is 1. The third kappa shape index (κ3) is 4.56. The fraction of sp³-hybridized carbons (Fsp3) is 0.524. The van der Waals surface area contributed by atoms with E-state index in [2.05, 4.69) is 33.1 Å². The van der Waals surface area contributed by atoms with E-state index in [0.29, 0.717) is 5.56 Å². The standard InChI is InChI=1S/C21H29N5O/c1-15(14-25(2)3)24-21(27)16-8-11-26(12-9-16)19-7-6-17(13-22)20-18(19)5-4-10-23-20/h4-7,10,15-16,21,24,27H,8-9,11-12,14H2,1-3H3. The van der Waals surface area contributed by atoms with Gasteiger partial charge in [-0.25, -0.2) is 0 Å². The minimum absolute atomic E-state index is 0.251. The van der Waals surface area contributed by atoms with Crippen LogP contribution in [0, 0.1) is 17.2 Å². The second-order valence-corrected chi connectivity index (χ2v) is 7.74. The third-order valence-electron chi connectivity index (χ3n) is 5.29. The minimum Gasteiger partial charge on any atom is -0.378 e. The van der Waals surface area contributed by atoms with Crippen LogP contribution in [0.5, 0.6) is 0 Å². The monoisotopic (exact) mass is 367 g/mol. The number of nitriles is 1. The summed E-state index contributed by atoms with van der Waals surface area (Å²) in [6.45, 7) is 4.79. The molecule has 6 heteroatoms. The first kappa shape index (κ1) is 19.6. The SMILES string of the molecule is CC(CN(C)C)NC(O)C1CCN(c2ccc(C#N)c3ncccc23)CC1. The maximum atomic E-state index is 10.6. The summed E-state index contributed by atoms with van der Waals surface area (Å²) in [6, 6.07) is 10.3. The molecule has 2 unspecified atom stereocenters. The van der Waals surface area contributed by atoms with Gasteiger partial charge < -0.3 is 14.9 Å². The van der Waals surface area contributed by atoms with E-state index in [0.717, 1.165) is 49.1 Å². The molecular weight excluding hydrogens is 338 g/mol. The quantitative estimate of drug-likeness (QED) is 0.762. The second-order valence-electron chi connectivity index (χ2n) is 7.74. The van der Waals surface area contributed by atoms with Gasteiger partial charge in [0.15, 0.2) is 0 Å². The van der Waals surface area contributed by atoms with Gasteiger partial charge in [0.1, 0.15) is 12.3 Å². The molecule has 0 aliphatic carbocycles. The summed E-state index contributed by atoms with van der Waals surface area (Å²) < 4.78 is 0. The number of rotatable bonds is 6. The second kappa shape index (κ2) is 8.66. The predicted octanol–water partition coefficient (Wildman–Crippen LogP) is 2.18. The van der Waals surface area contributed by atoms with Gasteiger partial charge in [-0.1, -0.05) is 0 Å². The Hall–Kier alpha value is -2.20. The van der Waals surface area contributed by atoms with E-state index < -0.39 is 6.23 Å². The van der Waals surface area contributed by atoms with E-state index in [1.807, 2.05) is 38.4 Å². The Bertz CT molecular complexity index is 808. The summed E-state index contributed by atoms with van der Waals surface area (Å²) in [6.07, 6.45) is 3.13. The highest BCUT2D eigenvalue weighted by Crippen LogP contribution is 2.31. The molecule has 0 bridgehead atoms. The number of aliphatic hydroxyl groups excluding tert-OH is 1. The molecular formula is C21H29N5O. The van der Waals surface area contributed by atoms with Crippen LogP contribution in [0.2, 0.25) is 0 Å². The number of benzene rings is 1. The molecule has 1 aliphatic heterocycles. The summed E-state index contributed by atoms with van der Waals surface area (Å²) >= 11 is 0. The van der Waals surface area contributed by atoms with Gasteiger partial charge in [0, 0.05) is 48.9 Å².